The van der Waals surface area contributed by atoms with E-state index in [9.17, 15) is 9.59 Å². The molecule has 10 heteroatoms. The summed E-state index contributed by atoms with van der Waals surface area (Å²) in [4.78, 5) is 37.4. The Hall–Kier alpha value is -3.14. The first-order valence-electron chi connectivity index (χ1n) is 7.70. The van der Waals surface area contributed by atoms with Crippen LogP contribution in [0.3, 0.4) is 0 Å². The van der Waals surface area contributed by atoms with Gasteiger partial charge in [0.1, 0.15) is 5.39 Å². The number of allylic oxidation sites excluding steroid dienone is 1. The first-order valence-corrected chi connectivity index (χ1v) is 8.92. The molecule has 1 aliphatic rings. The second kappa shape index (κ2) is 6.30. The summed E-state index contributed by atoms with van der Waals surface area (Å²) >= 11 is 1.37. The topological polar surface area (TPSA) is 104 Å². The van der Waals surface area contributed by atoms with Gasteiger partial charge in [0.25, 0.3) is 11.5 Å². The molecule has 9 nitrogen and oxygen atoms in total. The molecule has 1 aliphatic heterocycles. The van der Waals surface area contributed by atoms with Gasteiger partial charge in [-0.2, -0.15) is 0 Å². The fraction of sp³-hybridized carbons (Fsp3) is 0.188. The van der Waals surface area contributed by atoms with Crippen LogP contribution in [0.2, 0.25) is 0 Å². The van der Waals surface area contributed by atoms with Crippen molar-refractivity contribution in [3.8, 4) is 11.6 Å². The summed E-state index contributed by atoms with van der Waals surface area (Å²) in [6.07, 6.45) is 4.98. The van der Waals surface area contributed by atoms with E-state index >= 15 is 0 Å². The van der Waals surface area contributed by atoms with E-state index in [2.05, 4.69) is 26.8 Å². The molecule has 0 saturated heterocycles. The summed E-state index contributed by atoms with van der Waals surface area (Å²) in [5.74, 6) is 0.920. The SMILES string of the molecule is C=CCn1c(=O)c2cnc(SC)nc2n1-c1ccc2c(n1)NC(=O)CO2. The Morgan fingerprint density at radius 2 is 2.23 bits per heavy atom. The van der Waals surface area contributed by atoms with E-state index in [1.165, 1.54) is 22.6 Å². The Morgan fingerprint density at radius 1 is 1.38 bits per heavy atom. The van der Waals surface area contributed by atoms with Crippen LogP contribution in [0, 0.1) is 0 Å². The average Bonchev–Trinajstić information content (AvgIpc) is 2.93. The molecule has 1 N–H and O–H groups in total. The van der Waals surface area contributed by atoms with Crippen LogP contribution in [0.4, 0.5) is 5.82 Å². The van der Waals surface area contributed by atoms with Crippen molar-refractivity contribution in [2.24, 2.45) is 0 Å². The van der Waals surface area contributed by atoms with Crippen molar-refractivity contribution >= 4 is 34.5 Å². The summed E-state index contributed by atoms with van der Waals surface area (Å²) < 4.78 is 8.40. The number of anilines is 1. The Balaban J connectivity index is 1.99. The third-order valence-corrected chi connectivity index (χ3v) is 4.38. The van der Waals surface area contributed by atoms with Gasteiger partial charge < -0.3 is 10.1 Å². The van der Waals surface area contributed by atoms with E-state index in [4.69, 9.17) is 4.74 Å². The zero-order valence-electron chi connectivity index (χ0n) is 13.8. The zero-order valence-corrected chi connectivity index (χ0v) is 14.6. The lowest BCUT2D eigenvalue weighted by Crippen LogP contribution is -2.27. The van der Waals surface area contributed by atoms with Crippen LogP contribution in [-0.4, -0.2) is 43.1 Å². The quantitative estimate of drug-likeness (QED) is 0.418. The molecule has 3 aromatic heterocycles. The second-order valence-electron chi connectivity index (χ2n) is 5.43. The first kappa shape index (κ1) is 16.3. The third-order valence-electron chi connectivity index (χ3n) is 3.82. The number of amides is 1. The minimum atomic E-state index is -0.282. The van der Waals surface area contributed by atoms with Crippen molar-refractivity contribution in [2.45, 2.75) is 11.7 Å². The molecule has 4 heterocycles. The van der Waals surface area contributed by atoms with Crippen LogP contribution in [0.1, 0.15) is 0 Å². The number of fused-ring (bicyclic) bond motifs is 2. The van der Waals surface area contributed by atoms with Crippen molar-refractivity contribution in [1.82, 2.24) is 24.3 Å². The van der Waals surface area contributed by atoms with E-state index < -0.39 is 0 Å². The van der Waals surface area contributed by atoms with Gasteiger partial charge in [0.15, 0.2) is 34.8 Å². The van der Waals surface area contributed by atoms with Gasteiger partial charge in [0.2, 0.25) is 0 Å². The van der Waals surface area contributed by atoms with E-state index in [-0.39, 0.29) is 24.6 Å². The Kier molecular flexibility index (Phi) is 3.96. The van der Waals surface area contributed by atoms with Crippen molar-refractivity contribution in [3.05, 3.63) is 41.3 Å². The van der Waals surface area contributed by atoms with Gasteiger partial charge in [0.05, 0.1) is 6.54 Å². The van der Waals surface area contributed by atoms with E-state index in [1.54, 1.807) is 22.9 Å². The van der Waals surface area contributed by atoms with E-state index in [0.717, 1.165) is 0 Å². The summed E-state index contributed by atoms with van der Waals surface area (Å²) in [7, 11) is 0. The monoisotopic (exact) mass is 370 g/mol. The Morgan fingerprint density at radius 3 is 3.00 bits per heavy atom. The van der Waals surface area contributed by atoms with Gasteiger partial charge in [0, 0.05) is 6.20 Å². The third kappa shape index (κ3) is 2.54. The fourth-order valence-electron chi connectivity index (χ4n) is 2.70. The van der Waals surface area contributed by atoms with Crippen LogP contribution in [0.25, 0.3) is 16.9 Å². The number of carbonyl (C=O) groups is 1. The van der Waals surface area contributed by atoms with Crippen molar-refractivity contribution in [1.29, 1.82) is 0 Å². The number of nitrogens with zero attached hydrogens (tertiary/aromatic N) is 5. The zero-order chi connectivity index (χ0) is 18.3. The maximum Gasteiger partial charge on any atom is 0.278 e. The van der Waals surface area contributed by atoms with E-state index in [1.807, 2.05) is 6.26 Å². The maximum absolute atomic E-state index is 12.7. The number of hydrogen-bond donors (Lipinski definition) is 1. The van der Waals surface area contributed by atoms with Gasteiger partial charge in [-0.15, -0.1) is 6.58 Å². The first-order chi connectivity index (χ1) is 12.6. The summed E-state index contributed by atoms with van der Waals surface area (Å²) in [5, 5.41) is 3.58. The molecule has 4 rings (SSSR count). The summed E-state index contributed by atoms with van der Waals surface area (Å²) in [6, 6.07) is 3.40. The molecular formula is C16H14N6O3S. The molecule has 26 heavy (non-hydrogen) atoms. The maximum atomic E-state index is 12.7. The molecule has 1 amide bonds. The molecule has 0 fully saturated rings. The predicted octanol–water partition coefficient (Wildman–Crippen LogP) is 1.22. The smallest absolute Gasteiger partial charge is 0.278 e. The standard InChI is InChI=1S/C16H14N6O3S/c1-3-6-21-15(24)9-7-17-16(26-2)20-14(9)22(21)11-5-4-10-13(18-11)19-12(23)8-25-10/h3-5,7H,1,6,8H2,2H3,(H,18,19,23). The van der Waals surface area contributed by atoms with Crippen LogP contribution in [-0.2, 0) is 11.3 Å². The Bertz CT molecular complexity index is 1100. The summed E-state index contributed by atoms with van der Waals surface area (Å²) in [6.45, 7) is 3.92. The van der Waals surface area contributed by atoms with Crippen molar-refractivity contribution < 1.29 is 9.53 Å². The predicted molar refractivity (Wildman–Crippen MR) is 97.0 cm³/mol. The highest BCUT2D eigenvalue weighted by atomic mass is 32.2. The second-order valence-corrected chi connectivity index (χ2v) is 6.21. The van der Waals surface area contributed by atoms with Gasteiger partial charge in [-0.25, -0.2) is 24.3 Å². The summed E-state index contributed by atoms with van der Waals surface area (Å²) in [5.41, 5.74) is 0.194. The van der Waals surface area contributed by atoms with Crippen molar-refractivity contribution in [2.75, 3.05) is 18.2 Å². The highest BCUT2D eigenvalue weighted by Gasteiger charge is 2.21. The number of carbonyl (C=O) groups excluding carboxylic acids is 1. The lowest BCUT2D eigenvalue weighted by Gasteiger charge is -2.18. The molecule has 0 spiro atoms. The lowest BCUT2D eigenvalue weighted by atomic mass is 10.3. The number of nitrogens with one attached hydrogen (secondary N) is 1. The van der Waals surface area contributed by atoms with Gasteiger partial charge in [-0.1, -0.05) is 17.8 Å². The van der Waals surface area contributed by atoms with Crippen LogP contribution in [0.5, 0.6) is 5.75 Å². The van der Waals surface area contributed by atoms with Crippen LogP contribution >= 0.6 is 11.8 Å². The molecule has 0 aliphatic carbocycles. The molecule has 0 saturated carbocycles. The number of rotatable bonds is 4. The fourth-order valence-corrected chi connectivity index (χ4v) is 3.04. The molecule has 0 radical (unpaired) electrons. The number of pyridine rings is 1. The van der Waals surface area contributed by atoms with Crippen LogP contribution in [0.15, 0.2) is 40.9 Å². The van der Waals surface area contributed by atoms with E-state index in [0.29, 0.717) is 33.6 Å². The Labute approximate surface area is 151 Å². The van der Waals surface area contributed by atoms with Gasteiger partial charge >= 0.3 is 0 Å². The van der Waals surface area contributed by atoms with Crippen LogP contribution < -0.4 is 15.6 Å². The highest BCUT2D eigenvalue weighted by Crippen LogP contribution is 2.27. The number of thioether (sulfide) groups is 1. The molecule has 132 valence electrons. The average molecular weight is 370 g/mol. The molecule has 3 aromatic rings. The largest absolute Gasteiger partial charge is 0.480 e. The molecule has 0 unspecified atom stereocenters. The normalized spacial score (nSPS) is 13.2. The van der Waals surface area contributed by atoms with Gasteiger partial charge in [-0.3, -0.25) is 9.59 Å². The molecule has 0 bridgehead atoms. The molecule has 0 atom stereocenters. The number of ether oxygens (including phenoxy) is 1. The van der Waals surface area contributed by atoms with Crippen molar-refractivity contribution in [3.63, 3.8) is 0 Å². The molecule has 0 aromatic carbocycles. The lowest BCUT2D eigenvalue weighted by molar-refractivity contribution is -0.118. The van der Waals surface area contributed by atoms with Gasteiger partial charge in [-0.05, 0) is 18.4 Å². The minimum absolute atomic E-state index is 0.0496. The number of aromatic nitrogens is 5. The minimum Gasteiger partial charge on any atom is -0.480 e. The number of hydrogen-bond acceptors (Lipinski definition) is 7. The molecular weight excluding hydrogens is 356 g/mol. The highest BCUT2D eigenvalue weighted by molar-refractivity contribution is 7.98.